The summed E-state index contributed by atoms with van der Waals surface area (Å²) in [6.07, 6.45) is -0.875. The van der Waals surface area contributed by atoms with Gasteiger partial charge in [-0.3, -0.25) is 0 Å². The first-order chi connectivity index (χ1) is 16.6. The van der Waals surface area contributed by atoms with E-state index >= 15 is 0 Å². The summed E-state index contributed by atoms with van der Waals surface area (Å²) in [6, 6.07) is 16.6. The van der Waals surface area contributed by atoms with Crippen molar-refractivity contribution in [1.29, 1.82) is 0 Å². The normalized spacial score (nSPS) is 14.4. The van der Waals surface area contributed by atoms with Crippen molar-refractivity contribution in [2.75, 3.05) is 5.75 Å². The number of esters is 1. The Hall–Kier alpha value is -2.67. The van der Waals surface area contributed by atoms with Gasteiger partial charge in [0.25, 0.3) is 0 Å². The maximum atomic E-state index is 12.9. The fraction of sp³-hybridized carbons (Fsp3) is 0.333. The number of benzene rings is 2. The Kier molecular flexibility index (Phi) is 9.11. The summed E-state index contributed by atoms with van der Waals surface area (Å²) in [5.74, 6) is -0.941. The van der Waals surface area contributed by atoms with Gasteiger partial charge < -0.3 is 0 Å². The number of ketones is 2. The van der Waals surface area contributed by atoms with Gasteiger partial charge >= 0.3 is 211 Å². The average molecular weight is 559 g/mol. The van der Waals surface area contributed by atoms with Crippen molar-refractivity contribution in [2.24, 2.45) is 0 Å². The molecular weight excluding hydrogens is 529 g/mol. The number of hydrogen-bond donors (Lipinski definition) is 1. The Morgan fingerprint density at radius 3 is 2.20 bits per heavy atom. The standard InChI is InChI=1S/C27H29NO5SSe/c1-17-23(30)19-12-8-9-13-20(19)24(31)25(17)34-15-14-22(29)33-21(26(32)28-27(2,3)4)16-35-18-10-6-5-7-11-18/h5-13,21H,14-16H2,1-4H3,(H,28,32). The van der Waals surface area contributed by atoms with Crippen molar-refractivity contribution in [3.05, 3.63) is 76.2 Å². The molecule has 8 heteroatoms. The van der Waals surface area contributed by atoms with Crippen LogP contribution in [0.1, 0.15) is 54.8 Å². The molecule has 3 rings (SSSR count). The van der Waals surface area contributed by atoms with E-state index in [-0.39, 0.29) is 44.6 Å². The van der Waals surface area contributed by atoms with Crippen molar-refractivity contribution >= 4 is 54.6 Å². The average Bonchev–Trinajstić information content (AvgIpc) is 2.82. The number of carbonyl (C=O) groups is 4. The monoisotopic (exact) mass is 559 g/mol. The number of nitrogens with one attached hydrogen (secondary N) is 1. The van der Waals surface area contributed by atoms with E-state index in [1.54, 1.807) is 31.2 Å². The fourth-order valence-electron chi connectivity index (χ4n) is 3.41. The Morgan fingerprint density at radius 2 is 1.57 bits per heavy atom. The Morgan fingerprint density at radius 1 is 0.971 bits per heavy atom. The van der Waals surface area contributed by atoms with Crippen LogP contribution in [0.15, 0.2) is 65.1 Å². The third-order valence-corrected chi connectivity index (χ3v) is 8.51. The SMILES string of the molecule is CC1=C(SCCC(=O)OC(C[Se]c2ccccc2)C(=O)NC(C)(C)C)C(=O)c2ccccc2C1=O. The molecule has 0 aliphatic heterocycles. The number of rotatable bonds is 9. The molecule has 0 heterocycles. The van der Waals surface area contributed by atoms with Crippen molar-refractivity contribution in [3.63, 3.8) is 0 Å². The molecule has 35 heavy (non-hydrogen) atoms. The van der Waals surface area contributed by atoms with Crippen molar-refractivity contribution in [1.82, 2.24) is 5.32 Å². The van der Waals surface area contributed by atoms with Gasteiger partial charge in [0.2, 0.25) is 0 Å². The quantitative estimate of drug-likeness (QED) is 0.373. The number of ether oxygens (including phenoxy) is 1. The molecule has 0 saturated carbocycles. The van der Waals surface area contributed by atoms with E-state index in [4.69, 9.17) is 4.74 Å². The van der Waals surface area contributed by atoms with Gasteiger partial charge in [0.15, 0.2) is 0 Å². The molecule has 0 bridgehead atoms. The van der Waals surface area contributed by atoms with Gasteiger partial charge in [0.05, 0.1) is 0 Å². The van der Waals surface area contributed by atoms with Crippen LogP contribution in [0.5, 0.6) is 0 Å². The number of allylic oxidation sites excluding steroid dienone is 2. The molecular formula is C27H29NO5SSe. The zero-order valence-corrected chi connectivity index (χ0v) is 22.8. The molecule has 1 aliphatic rings. The molecule has 0 radical (unpaired) electrons. The van der Waals surface area contributed by atoms with E-state index in [1.807, 2.05) is 51.1 Å². The van der Waals surface area contributed by atoms with E-state index in [2.05, 4.69) is 5.32 Å². The first-order valence-electron chi connectivity index (χ1n) is 11.3. The fourth-order valence-corrected chi connectivity index (χ4v) is 6.34. The van der Waals surface area contributed by atoms with Crippen molar-refractivity contribution < 1.29 is 23.9 Å². The molecule has 1 N–H and O–H groups in total. The van der Waals surface area contributed by atoms with Crippen LogP contribution in [0.4, 0.5) is 0 Å². The summed E-state index contributed by atoms with van der Waals surface area (Å²) < 4.78 is 6.70. The number of carbonyl (C=O) groups excluding carboxylic acids is 4. The number of hydrogen-bond acceptors (Lipinski definition) is 6. The third-order valence-electron chi connectivity index (χ3n) is 5.07. The van der Waals surface area contributed by atoms with Gasteiger partial charge in [-0.2, -0.15) is 0 Å². The third kappa shape index (κ3) is 7.40. The number of Topliss-reactive ketones (excluding diaryl/α,β-unsaturated/α-hetero) is 2. The molecule has 6 nitrogen and oxygen atoms in total. The molecule has 0 aromatic heterocycles. The zero-order chi connectivity index (χ0) is 25.6. The van der Waals surface area contributed by atoms with Crippen LogP contribution < -0.4 is 9.78 Å². The first kappa shape index (κ1) is 26.9. The number of thioether (sulfide) groups is 1. The summed E-state index contributed by atoms with van der Waals surface area (Å²) >= 11 is 1.14. The van der Waals surface area contributed by atoms with Gasteiger partial charge in [-0.25, -0.2) is 0 Å². The molecule has 1 atom stereocenters. The van der Waals surface area contributed by atoms with Crippen molar-refractivity contribution in [3.8, 4) is 0 Å². The van der Waals surface area contributed by atoms with Crippen LogP contribution >= 0.6 is 11.8 Å². The number of amides is 1. The minimum absolute atomic E-state index is 0.0161. The van der Waals surface area contributed by atoms with Gasteiger partial charge in [0.1, 0.15) is 0 Å². The van der Waals surface area contributed by atoms with Gasteiger partial charge in [-0.15, -0.1) is 0 Å². The second kappa shape index (κ2) is 11.8. The molecule has 0 saturated heterocycles. The van der Waals surface area contributed by atoms with E-state index < -0.39 is 17.6 Å². The van der Waals surface area contributed by atoms with Crippen LogP contribution in [0.25, 0.3) is 0 Å². The second-order valence-electron chi connectivity index (χ2n) is 9.10. The van der Waals surface area contributed by atoms with Gasteiger partial charge in [-0.1, -0.05) is 6.07 Å². The number of fused-ring (bicyclic) bond motifs is 1. The van der Waals surface area contributed by atoms with E-state index in [9.17, 15) is 19.2 Å². The van der Waals surface area contributed by atoms with Crippen LogP contribution in [-0.2, 0) is 14.3 Å². The molecule has 0 spiro atoms. The van der Waals surface area contributed by atoms with E-state index in [0.29, 0.717) is 26.9 Å². The predicted octanol–water partition coefficient (Wildman–Crippen LogP) is 3.74. The molecule has 1 aliphatic carbocycles. The molecule has 1 unspecified atom stereocenters. The Balaban J connectivity index is 1.60. The molecule has 184 valence electrons. The minimum atomic E-state index is -0.891. The van der Waals surface area contributed by atoms with E-state index in [0.717, 1.165) is 4.46 Å². The van der Waals surface area contributed by atoms with Gasteiger partial charge in [0, 0.05) is 0 Å². The first-order valence-corrected chi connectivity index (χ1v) is 14.3. The molecule has 0 fully saturated rings. The van der Waals surface area contributed by atoms with Crippen LogP contribution in [0, 0.1) is 0 Å². The summed E-state index contributed by atoms with van der Waals surface area (Å²) in [7, 11) is 0. The Labute approximate surface area is 216 Å². The summed E-state index contributed by atoms with van der Waals surface area (Å²) in [5.41, 5.74) is 0.730. The molecule has 2 aromatic carbocycles. The van der Waals surface area contributed by atoms with Crippen LogP contribution in [0.2, 0.25) is 5.32 Å². The van der Waals surface area contributed by atoms with Crippen molar-refractivity contribution in [2.45, 2.75) is 51.1 Å². The predicted molar refractivity (Wildman–Crippen MR) is 139 cm³/mol. The summed E-state index contributed by atoms with van der Waals surface area (Å²) in [6.45, 7) is 7.26. The second-order valence-corrected chi connectivity index (χ2v) is 12.5. The molecule has 1 amide bonds. The maximum absolute atomic E-state index is 12.9. The zero-order valence-electron chi connectivity index (χ0n) is 20.3. The summed E-state index contributed by atoms with van der Waals surface area (Å²) in [4.78, 5) is 51.3. The van der Waals surface area contributed by atoms with Crippen LogP contribution in [-0.4, -0.2) is 55.8 Å². The molecule has 2 aromatic rings. The summed E-state index contributed by atoms with van der Waals surface area (Å²) in [5, 5.41) is 3.32. The van der Waals surface area contributed by atoms with Crippen LogP contribution in [0.3, 0.4) is 0 Å². The Bertz CT molecular complexity index is 1150. The van der Waals surface area contributed by atoms with Gasteiger partial charge in [-0.05, 0) is 0 Å². The van der Waals surface area contributed by atoms with E-state index in [1.165, 1.54) is 11.8 Å². The topological polar surface area (TPSA) is 89.5 Å².